The number of rotatable bonds is 8. The van der Waals surface area contributed by atoms with Gasteiger partial charge in [-0.3, -0.25) is 9.59 Å². The molecule has 0 atom stereocenters. The minimum atomic E-state index is -0.158. The Morgan fingerprint density at radius 1 is 0.500 bits per heavy atom. The van der Waals surface area contributed by atoms with Gasteiger partial charge in [0, 0.05) is 35.0 Å². The number of benzene rings is 5. The van der Waals surface area contributed by atoms with E-state index in [0.717, 1.165) is 66.6 Å². The Morgan fingerprint density at radius 3 is 1.29 bits per heavy atom. The summed E-state index contributed by atoms with van der Waals surface area (Å²) in [6, 6.07) is 43.2. The fraction of sp³-hybridized carbons (Fsp3) is 0.0952. The number of para-hydroxylation sites is 2. The molecule has 0 saturated heterocycles. The van der Waals surface area contributed by atoms with Crippen LogP contribution in [0.3, 0.4) is 0 Å². The largest absolute Gasteiger partial charge is 0.348 e. The van der Waals surface area contributed by atoms with Crippen LogP contribution in [0.4, 0.5) is 0 Å². The van der Waals surface area contributed by atoms with E-state index in [1.54, 1.807) is 0 Å². The van der Waals surface area contributed by atoms with E-state index in [4.69, 9.17) is 9.97 Å². The fourth-order valence-corrected chi connectivity index (χ4v) is 6.05. The number of fused-ring (bicyclic) bond motifs is 2. The van der Waals surface area contributed by atoms with Gasteiger partial charge in [0.05, 0.1) is 33.5 Å². The maximum Gasteiger partial charge on any atom is 0.252 e. The van der Waals surface area contributed by atoms with Crippen LogP contribution in [0.5, 0.6) is 0 Å². The Hall–Kier alpha value is -6.14. The van der Waals surface area contributed by atoms with Crippen molar-refractivity contribution in [2.75, 3.05) is 0 Å². The minimum absolute atomic E-state index is 0.158. The molecule has 2 amide bonds. The first-order chi connectivity index (χ1) is 23.4. The van der Waals surface area contributed by atoms with Crippen molar-refractivity contribution in [1.29, 1.82) is 0 Å². The van der Waals surface area contributed by atoms with Gasteiger partial charge < -0.3 is 10.6 Å². The molecular weight excluding hydrogens is 592 g/mol. The number of nitrogens with one attached hydrogen (secondary N) is 2. The normalized spacial score (nSPS) is 11.0. The molecule has 7 rings (SSSR count). The zero-order chi connectivity index (χ0) is 33.0. The van der Waals surface area contributed by atoms with Gasteiger partial charge in [0.15, 0.2) is 0 Å². The van der Waals surface area contributed by atoms with Crippen molar-refractivity contribution >= 4 is 33.6 Å². The molecule has 6 heteroatoms. The molecule has 7 aromatic rings. The molecule has 0 unspecified atom stereocenters. The summed E-state index contributed by atoms with van der Waals surface area (Å²) in [5.41, 5.74) is 10.4. The second-order valence-corrected chi connectivity index (χ2v) is 12.0. The van der Waals surface area contributed by atoms with Crippen molar-refractivity contribution in [3.63, 3.8) is 0 Å². The lowest BCUT2D eigenvalue weighted by molar-refractivity contribution is 0.0944. The molecule has 2 N–H and O–H groups in total. The fourth-order valence-electron chi connectivity index (χ4n) is 6.05. The van der Waals surface area contributed by atoms with Crippen molar-refractivity contribution < 1.29 is 9.59 Å². The number of hydrogen-bond donors (Lipinski definition) is 2. The Kier molecular flexibility index (Phi) is 8.46. The summed E-state index contributed by atoms with van der Waals surface area (Å²) >= 11 is 0. The third-order valence-corrected chi connectivity index (χ3v) is 8.69. The standard InChI is InChI=1S/C42H34N4O2/c1-27-11-3-5-13-31(27)39-23-35(33-15-7-9-17-37(33)45-39)41(47)43-25-29-19-21-30(22-20-29)26-44-42(48)36-24-40(32-14-6-4-12-28(32)2)46-38-18-10-8-16-34(36)38/h3-24H,25-26H2,1-2H3,(H,43,47)(H,44,48). The van der Waals surface area contributed by atoms with Gasteiger partial charge in [-0.15, -0.1) is 0 Å². The molecule has 6 nitrogen and oxygen atoms in total. The molecule has 234 valence electrons. The first-order valence-electron chi connectivity index (χ1n) is 16.0. The average molecular weight is 627 g/mol. The van der Waals surface area contributed by atoms with E-state index in [-0.39, 0.29) is 11.8 Å². The van der Waals surface area contributed by atoms with E-state index in [1.165, 1.54) is 0 Å². The molecule has 0 spiro atoms. The van der Waals surface area contributed by atoms with E-state index in [0.29, 0.717) is 24.2 Å². The zero-order valence-corrected chi connectivity index (χ0v) is 26.8. The number of aryl methyl sites for hydroxylation is 2. The first-order valence-corrected chi connectivity index (χ1v) is 16.0. The minimum Gasteiger partial charge on any atom is -0.348 e. The molecule has 0 bridgehead atoms. The molecular formula is C42H34N4O2. The number of nitrogens with zero attached hydrogens (tertiary/aromatic N) is 2. The van der Waals surface area contributed by atoms with Crippen molar-refractivity contribution in [3.8, 4) is 22.5 Å². The summed E-state index contributed by atoms with van der Waals surface area (Å²) in [7, 11) is 0. The number of pyridine rings is 2. The van der Waals surface area contributed by atoms with Crippen LogP contribution < -0.4 is 10.6 Å². The van der Waals surface area contributed by atoms with Crippen molar-refractivity contribution in [2.24, 2.45) is 0 Å². The van der Waals surface area contributed by atoms with Crippen LogP contribution >= 0.6 is 0 Å². The van der Waals surface area contributed by atoms with Gasteiger partial charge in [0.1, 0.15) is 0 Å². The van der Waals surface area contributed by atoms with E-state index in [2.05, 4.69) is 10.6 Å². The summed E-state index contributed by atoms with van der Waals surface area (Å²) in [6.07, 6.45) is 0. The molecule has 2 aromatic heterocycles. The highest BCUT2D eigenvalue weighted by molar-refractivity contribution is 6.08. The van der Waals surface area contributed by atoms with Crippen LogP contribution in [0.2, 0.25) is 0 Å². The lowest BCUT2D eigenvalue weighted by Crippen LogP contribution is -2.24. The monoisotopic (exact) mass is 626 g/mol. The topological polar surface area (TPSA) is 84.0 Å². The highest BCUT2D eigenvalue weighted by atomic mass is 16.2. The molecule has 0 fully saturated rings. The van der Waals surface area contributed by atoms with Gasteiger partial charge in [-0.2, -0.15) is 0 Å². The molecule has 5 aromatic carbocycles. The van der Waals surface area contributed by atoms with Crippen LogP contribution in [-0.2, 0) is 13.1 Å². The summed E-state index contributed by atoms with van der Waals surface area (Å²) in [5.74, 6) is -0.316. The SMILES string of the molecule is Cc1ccccc1-c1cc(C(=O)NCc2ccc(CNC(=O)c3cc(-c4ccccc4C)nc4ccccc34)cc2)c2ccccc2n1. The lowest BCUT2D eigenvalue weighted by Gasteiger charge is -2.13. The quantitative estimate of drug-likeness (QED) is 0.177. The summed E-state index contributed by atoms with van der Waals surface area (Å²) in [4.78, 5) is 36.7. The van der Waals surface area contributed by atoms with E-state index in [1.807, 2.05) is 147 Å². The Balaban J connectivity index is 1.04. The van der Waals surface area contributed by atoms with Crippen LogP contribution in [0.1, 0.15) is 43.0 Å². The number of hydrogen-bond acceptors (Lipinski definition) is 4. The van der Waals surface area contributed by atoms with E-state index < -0.39 is 0 Å². The third kappa shape index (κ3) is 6.29. The first kappa shape index (κ1) is 30.5. The Morgan fingerprint density at radius 2 is 0.875 bits per heavy atom. The number of carbonyl (C=O) groups is 2. The Bertz CT molecular complexity index is 2150. The number of carbonyl (C=O) groups excluding carboxylic acids is 2. The molecule has 0 aliphatic carbocycles. The summed E-state index contributed by atoms with van der Waals surface area (Å²) in [6.45, 7) is 4.83. The van der Waals surface area contributed by atoms with Gasteiger partial charge >= 0.3 is 0 Å². The third-order valence-electron chi connectivity index (χ3n) is 8.69. The molecule has 0 aliphatic rings. The second kappa shape index (κ2) is 13.3. The van der Waals surface area contributed by atoms with Crippen LogP contribution in [0.15, 0.2) is 133 Å². The molecule has 48 heavy (non-hydrogen) atoms. The van der Waals surface area contributed by atoms with Gasteiger partial charge in [0.2, 0.25) is 0 Å². The van der Waals surface area contributed by atoms with Crippen LogP contribution in [-0.4, -0.2) is 21.8 Å². The summed E-state index contributed by atoms with van der Waals surface area (Å²) in [5, 5.41) is 7.80. The summed E-state index contributed by atoms with van der Waals surface area (Å²) < 4.78 is 0. The smallest absolute Gasteiger partial charge is 0.252 e. The highest BCUT2D eigenvalue weighted by Crippen LogP contribution is 2.28. The van der Waals surface area contributed by atoms with Gasteiger partial charge in [-0.25, -0.2) is 9.97 Å². The van der Waals surface area contributed by atoms with Crippen LogP contribution in [0.25, 0.3) is 44.3 Å². The van der Waals surface area contributed by atoms with Gasteiger partial charge in [0.25, 0.3) is 11.8 Å². The van der Waals surface area contributed by atoms with E-state index >= 15 is 0 Å². The Labute approximate surface area is 279 Å². The molecule has 0 radical (unpaired) electrons. The maximum atomic E-state index is 13.5. The van der Waals surface area contributed by atoms with E-state index in [9.17, 15) is 9.59 Å². The highest BCUT2D eigenvalue weighted by Gasteiger charge is 2.16. The number of aromatic nitrogens is 2. The molecule has 0 saturated carbocycles. The molecule has 0 aliphatic heterocycles. The van der Waals surface area contributed by atoms with Gasteiger partial charge in [-0.1, -0.05) is 109 Å². The average Bonchev–Trinajstić information content (AvgIpc) is 3.12. The maximum absolute atomic E-state index is 13.5. The van der Waals surface area contributed by atoms with Crippen LogP contribution in [0, 0.1) is 13.8 Å². The van der Waals surface area contributed by atoms with Gasteiger partial charge in [-0.05, 0) is 60.4 Å². The second-order valence-electron chi connectivity index (χ2n) is 12.0. The molecule has 2 heterocycles. The lowest BCUT2D eigenvalue weighted by atomic mass is 10.0. The van der Waals surface area contributed by atoms with Crippen molar-refractivity contribution in [3.05, 3.63) is 167 Å². The van der Waals surface area contributed by atoms with Crippen molar-refractivity contribution in [1.82, 2.24) is 20.6 Å². The zero-order valence-electron chi connectivity index (χ0n) is 26.8. The predicted octanol–water partition coefficient (Wildman–Crippen LogP) is 8.59. The van der Waals surface area contributed by atoms with Crippen molar-refractivity contribution in [2.45, 2.75) is 26.9 Å². The number of amides is 2. The predicted molar refractivity (Wildman–Crippen MR) is 193 cm³/mol.